The van der Waals surface area contributed by atoms with E-state index in [2.05, 4.69) is 36.0 Å². The predicted octanol–water partition coefficient (Wildman–Crippen LogP) is 4.90. The fourth-order valence-electron chi connectivity index (χ4n) is 3.61. The number of nitrogens with zero attached hydrogens (tertiary/aromatic N) is 1. The van der Waals surface area contributed by atoms with Crippen LogP contribution >= 0.6 is 0 Å². The van der Waals surface area contributed by atoms with E-state index in [-0.39, 0.29) is 0 Å². The SMILES string of the molecule is C=Cc1ccc(C2=C(C3CCCC3)CC/C2=N\O)cc1. The first-order valence-electron chi connectivity index (χ1n) is 7.50. The van der Waals surface area contributed by atoms with Gasteiger partial charge in [-0.1, -0.05) is 60.5 Å². The molecule has 0 unspecified atom stereocenters. The summed E-state index contributed by atoms with van der Waals surface area (Å²) in [4.78, 5) is 0. The van der Waals surface area contributed by atoms with E-state index in [1.54, 1.807) is 0 Å². The molecule has 2 nitrogen and oxygen atoms in total. The molecule has 2 aliphatic carbocycles. The van der Waals surface area contributed by atoms with Gasteiger partial charge in [0.15, 0.2) is 0 Å². The van der Waals surface area contributed by atoms with E-state index in [1.165, 1.54) is 42.4 Å². The number of rotatable bonds is 3. The summed E-state index contributed by atoms with van der Waals surface area (Å²) >= 11 is 0. The van der Waals surface area contributed by atoms with Crippen LogP contribution in [0.3, 0.4) is 0 Å². The standard InChI is InChI=1S/C18H21NO/c1-2-13-7-9-15(10-8-13)18-16(11-12-17(18)19-20)14-5-3-4-6-14/h2,7-10,14,20H,1,3-6,11-12H2/b19-17+. The lowest BCUT2D eigenvalue weighted by molar-refractivity contribution is 0.319. The maximum atomic E-state index is 9.30. The van der Waals surface area contributed by atoms with E-state index >= 15 is 0 Å². The smallest absolute Gasteiger partial charge is 0.0876 e. The van der Waals surface area contributed by atoms with Crippen LogP contribution < -0.4 is 0 Å². The van der Waals surface area contributed by atoms with E-state index in [1.807, 2.05) is 6.08 Å². The van der Waals surface area contributed by atoms with E-state index in [0.717, 1.165) is 24.1 Å². The van der Waals surface area contributed by atoms with Gasteiger partial charge in [-0.2, -0.15) is 0 Å². The Bertz CT molecular complexity index is 560. The Morgan fingerprint density at radius 3 is 2.40 bits per heavy atom. The van der Waals surface area contributed by atoms with E-state index in [4.69, 9.17) is 0 Å². The lowest BCUT2D eigenvalue weighted by Crippen LogP contribution is -2.01. The van der Waals surface area contributed by atoms with Gasteiger partial charge in [-0.25, -0.2) is 0 Å². The van der Waals surface area contributed by atoms with Crippen LogP contribution in [0.25, 0.3) is 11.6 Å². The summed E-state index contributed by atoms with van der Waals surface area (Å²) < 4.78 is 0. The van der Waals surface area contributed by atoms with Crippen molar-refractivity contribution in [2.45, 2.75) is 38.5 Å². The van der Waals surface area contributed by atoms with Gasteiger partial charge in [0.2, 0.25) is 0 Å². The molecule has 0 saturated heterocycles. The Morgan fingerprint density at radius 1 is 1.10 bits per heavy atom. The molecule has 0 radical (unpaired) electrons. The van der Waals surface area contributed by atoms with Gasteiger partial charge < -0.3 is 5.21 Å². The first-order chi connectivity index (χ1) is 9.83. The van der Waals surface area contributed by atoms with Crippen molar-refractivity contribution < 1.29 is 5.21 Å². The van der Waals surface area contributed by atoms with Crippen LogP contribution in [0.2, 0.25) is 0 Å². The van der Waals surface area contributed by atoms with Gasteiger partial charge >= 0.3 is 0 Å². The zero-order valence-corrected chi connectivity index (χ0v) is 11.8. The Balaban J connectivity index is 2.03. The van der Waals surface area contributed by atoms with Gasteiger partial charge in [-0.3, -0.25) is 0 Å². The maximum Gasteiger partial charge on any atom is 0.0876 e. The molecule has 0 bridgehead atoms. The monoisotopic (exact) mass is 267 g/mol. The maximum absolute atomic E-state index is 9.30. The van der Waals surface area contributed by atoms with Gasteiger partial charge in [-0.05, 0) is 42.7 Å². The Hall–Kier alpha value is -1.83. The van der Waals surface area contributed by atoms with Crippen molar-refractivity contribution in [3.8, 4) is 0 Å². The fraction of sp³-hybridized carbons (Fsp3) is 0.389. The van der Waals surface area contributed by atoms with Crippen LogP contribution in [0.4, 0.5) is 0 Å². The molecule has 0 aromatic heterocycles. The second-order valence-electron chi connectivity index (χ2n) is 5.75. The van der Waals surface area contributed by atoms with Crippen molar-refractivity contribution >= 4 is 17.4 Å². The summed E-state index contributed by atoms with van der Waals surface area (Å²) in [6.07, 6.45) is 9.05. The molecule has 1 aromatic carbocycles. The molecule has 0 aliphatic heterocycles. The fourth-order valence-corrected chi connectivity index (χ4v) is 3.61. The van der Waals surface area contributed by atoms with Crippen molar-refractivity contribution in [1.29, 1.82) is 0 Å². The molecule has 0 amide bonds. The molecule has 0 heterocycles. The van der Waals surface area contributed by atoms with Crippen LogP contribution in [0.5, 0.6) is 0 Å². The minimum Gasteiger partial charge on any atom is -0.411 e. The largest absolute Gasteiger partial charge is 0.411 e. The highest BCUT2D eigenvalue weighted by atomic mass is 16.4. The van der Waals surface area contributed by atoms with Crippen molar-refractivity contribution in [2.75, 3.05) is 0 Å². The van der Waals surface area contributed by atoms with Crippen molar-refractivity contribution in [3.05, 3.63) is 47.5 Å². The molecule has 0 spiro atoms. The summed E-state index contributed by atoms with van der Waals surface area (Å²) in [5.41, 5.74) is 5.88. The highest BCUT2D eigenvalue weighted by Crippen LogP contribution is 2.42. The molecule has 1 aromatic rings. The molecular weight excluding hydrogens is 246 g/mol. The molecule has 1 fully saturated rings. The summed E-state index contributed by atoms with van der Waals surface area (Å²) in [5, 5.41) is 12.8. The highest BCUT2D eigenvalue weighted by molar-refractivity contribution is 6.26. The Morgan fingerprint density at radius 2 is 1.80 bits per heavy atom. The highest BCUT2D eigenvalue weighted by Gasteiger charge is 2.29. The van der Waals surface area contributed by atoms with Gasteiger partial charge in [0.25, 0.3) is 0 Å². The normalized spacial score (nSPS) is 21.9. The minimum atomic E-state index is 0.698. The number of oxime groups is 1. The molecule has 104 valence electrons. The van der Waals surface area contributed by atoms with Crippen molar-refractivity contribution in [2.24, 2.45) is 11.1 Å². The first-order valence-corrected chi connectivity index (χ1v) is 7.50. The zero-order chi connectivity index (χ0) is 13.9. The molecule has 1 saturated carbocycles. The van der Waals surface area contributed by atoms with Gasteiger partial charge in [0, 0.05) is 5.57 Å². The van der Waals surface area contributed by atoms with Crippen LogP contribution in [0.15, 0.2) is 41.6 Å². The van der Waals surface area contributed by atoms with E-state index in [9.17, 15) is 5.21 Å². The van der Waals surface area contributed by atoms with Crippen LogP contribution in [0, 0.1) is 5.92 Å². The molecule has 2 heteroatoms. The predicted molar refractivity (Wildman–Crippen MR) is 83.9 cm³/mol. The van der Waals surface area contributed by atoms with Gasteiger partial charge in [0.05, 0.1) is 5.71 Å². The van der Waals surface area contributed by atoms with E-state index < -0.39 is 0 Å². The molecule has 20 heavy (non-hydrogen) atoms. The lowest BCUT2D eigenvalue weighted by atomic mass is 9.91. The van der Waals surface area contributed by atoms with Crippen LogP contribution in [-0.4, -0.2) is 10.9 Å². The molecule has 0 atom stereocenters. The second-order valence-corrected chi connectivity index (χ2v) is 5.75. The lowest BCUT2D eigenvalue weighted by Gasteiger charge is -2.14. The number of hydrogen-bond donors (Lipinski definition) is 1. The van der Waals surface area contributed by atoms with Gasteiger partial charge in [0.1, 0.15) is 0 Å². The first kappa shape index (κ1) is 13.2. The average molecular weight is 267 g/mol. The quantitative estimate of drug-likeness (QED) is 0.613. The Kier molecular flexibility index (Phi) is 3.72. The third-order valence-corrected chi connectivity index (χ3v) is 4.64. The Labute approximate surface area is 120 Å². The number of benzene rings is 1. The summed E-state index contributed by atoms with van der Waals surface area (Å²) in [6.45, 7) is 3.79. The van der Waals surface area contributed by atoms with Crippen LogP contribution in [-0.2, 0) is 0 Å². The topological polar surface area (TPSA) is 32.6 Å². The molecule has 2 aliphatic rings. The summed E-state index contributed by atoms with van der Waals surface area (Å²) in [7, 11) is 0. The average Bonchev–Trinajstić information content (AvgIpc) is 3.15. The number of hydrogen-bond acceptors (Lipinski definition) is 2. The van der Waals surface area contributed by atoms with Crippen LogP contribution in [0.1, 0.15) is 49.7 Å². The second kappa shape index (κ2) is 5.66. The molecule has 1 N–H and O–H groups in total. The zero-order valence-electron chi connectivity index (χ0n) is 11.8. The summed E-state index contributed by atoms with van der Waals surface area (Å²) in [5.74, 6) is 0.698. The van der Waals surface area contributed by atoms with E-state index in [0.29, 0.717) is 5.92 Å². The van der Waals surface area contributed by atoms with Gasteiger partial charge in [-0.15, -0.1) is 0 Å². The van der Waals surface area contributed by atoms with Crippen molar-refractivity contribution in [3.63, 3.8) is 0 Å². The summed E-state index contributed by atoms with van der Waals surface area (Å²) in [6, 6.07) is 8.40. The molecule has 3 rings (SSSR count). The van der Waals surface area contributed by atoms with Crippen molar-refractivity contribution in [1.82, 2.24) is 0 Å². The third-order valence-electron chi connectivity index (χ3n) is 4.64. The number of allylic oxidation sites excluding steroid dienone is 2. The minimum absolute atomic E-state index is 0.698. The molecular formula is C18H21NO. The third kappa shape index (κ3) is 2.31.